The first-order valence-corrected chi connectivity index (χ1v) is 7.06. The van der Waals surface area contributed by atoms with Crippen LogP contribution in [0.3, 0.4) is 0 Å². The molecule has 1 saturated heterocycles. The minimum Gasteiger partial charge on any atom is -0.341 e. The van der Waals surface area contributed by atoms with Gasteiger partial charge in [0.15, 0.2) is 0 Å². The van der Waals surface area contributed by atoms with E-state index in [0.717, 1.165) is 18.5 Å². The number of rotatable bonds is 3. The van der Waals surface area contributed by atoms with Crippen LogP contribution in [0.4, 0.5) is 0 Å². The van der Waals surface area contributed by atoms with Crippen molar-refractivity contribution in [3.63, 3.8) is 0 Å². The molecule has 2 N–H and O–H groups in total. The third-order valence-electron chi connectivity index (χ3n) is 3.63. The fourth-order valence-electron chi connectivity index (χ4n) is 2.63. The molecular weight excluding hydrogens is 260 g/mol. The molecule has 1 aromatic rings. The summed E-state index contributed by atoms with van der Waals surface area (Å²) in [6.07, 6.45) is 1.59. The van der Waals surface area contributed by atoms with Crippen molar-refractivity contribution in [2.24, 2.45) is 11.1 Å². The third-order valence-corrected chi connectivity index (χ3v) is 3.86. The summed E-state index contributed by atoms with van der Waals surface area (Å²) in [4.78, 5) is 14.4. The number of carbonyl (C=O) groups is 1. The van der Waals surface area contributed by atoms with E-state index in [1.165, 1.54) is 0 Å². The second kappa shape index (κ2) is 5.51. The van der Waals surface area contributed by atoms with E-state index in [1.54, 1.807) is 0 Å². The minimum absolute atomic E-state index is 0.130. The quantitative estimate of drug-likeness (QED) is 0.924. The van der Waals surface area contributed by atoms with Crippen molar-refractivity contribution in [3.05, 3.63) is 34.9 Å². The topological polar surface area (TPSA) is 46.3 Å². The molecule has 0 bridgehead atoms. The highest BCUT2D eigenvalue weighted by Crippen LogP contribution is 2.27. The highest BCUT2D eigenvalue weighted by atomic mass is 35.5. The largest absolute Gasteiger partial charge is 0.341 e. The van der Waals surface area contributed by atoms with Crippen LogP contribution in [0.1, 0.15) is 25.8 Å². The van der Waals surface area contributed by atoms with Gasteiger partial charge in [-0.25, -0.2) is 0 Å². The van der Waals surface area contributed by atoms with Gasteiger partial charge in [-0.15, -0.1) is 0 Å². The van der Waals surface area contributed by atoms with Gasteiger partial charge in [0.25, 0.3) is 0 Å². The second-order valence-corrected chi connectivity index (χ2v) is 6.43. The molecule has 0 aromatic heterocycles. The van der Waals surface area contributed by atoms with Crippen LogP contribution in [0.5, 0.6) is 0 Å². The van der Waals surface area contributed by atoms with Crippen LogP contribution in [-0.2, 0) is 11.2 Å². The molecule has 1 fully saturated rings. The van der Waals surface area contributed by atoms with Crippen LogP contribution >= 0.6 is 11.6 Å². The summed E-state index contributed by atoms with van der Waals surface area (Å²) in [6.45, 7) is 5.43. The number of hydrogen-bond acceptors (Lipinski definition) is 2. The first kappa shape index (κ1) is 14.4. The molecule has 0 saturated carbocycles. The highest BCUT2D eigenvalue weighted by Gasteiger charge is 2.35. The van der Waals surface area contributed by atoms with Gasteiger partial charge in [-0.05, 0) is 30.5 Å². The third kappa shape index (κ3) is 3.48. The number of hydrogen-bond donors (Lipinski definition) is 1. The zero-order valence-electron chi connectivity index (χ0n) is 11.5. The van der Waals surface area contributed by atoms with E-state index in [4.69, 9.17) is 17.3 Å². The molecule has 4 heteroatoms. The van der Waals surface area contributed by atoms with Gasteiger partial charge < -0.3 is 10.6 Å². The molecule has 1 atom stereocenters. The molecule has 1 aliphatic rings. The number of carbonyl (C=O) groups excluding carboxylic acids is 1. The number of halogens is 1. The van der Waals surface area contributed by atoms with Crippen LogP contribution in [-0.4, -0.2) is 29.9 Å². The van der Waals surface area contributed by atoms with Gasteiger partial charge in [-0.1, -0.05) is 37.6 Å². The summed E-state index contributed by atoms with van der Waals surface area (Å²) >= 11 is 5.99. The Bertz CT molecular complexity index is 473. The SMILES string of the molecule is CC(C)(Cc1cccc(Cl)c1)C(=O)N1CC[C@@H](N)C1. The molecule has 0 spiro atoms. The van der Waals surface area contributed by atoms with Gasteiger partial charge >= 0.3 is 0 Å². The Balaban J connectivity index is 2.07. The maximum Gasteiger partial charge on any atom is 0.228 e. The molecule has 1 aliphatic heterocycles. The van der Waals surface area contributed by atoms with Crippen LogP contribution in [0.25, 0.3) is 0 Å². The number of amides is 1. The molecular formula is C15H21ClN2O. The fourth-order valence-corrected chi connectivity index (χ4v) is 2.85. The summed E-state index contributed by atoms with van der Waals surface area (Å²) < 4.78 is 0. The lowest BCUT2D eigenvalue weighted by atomic mass is 9.84. The molecule has 3 nitrogen and oxygen atoms in total. The molecule has 0 radical (unpaired) electrons. The Hall–Kier alpha value is -1.06. The summed E-state index contributed by atoms with van der Waals surface area (Å²) in [7, 11) is 0. The van der Waals surface area contributed by atoms with E-state index in [1.807, 2.05) is 43.0 Å². The molecule has 19 heavy (non-hydrogen) atoms. The Labute approximate surface area is 119 Å². The summed E-state index contributed by atoms with van der Waals surface area (Å²) in [5.74, 6) is 0.181. The fraction of sp³-hybridized carbons (Fsp3) is 0.533. The second-order valence-electron chi connectivity index (χ2n) is 5.99. The monoisotopic (exact) mass is 280 g/mol. The van der Waals surface area contributed by atoms with E-state index in [-0.39, 0.29) is 11.9 Å². The first-order chi connectivity index (χ1) is 8.88. The molecule has 104 valence electrons. The summed E-state index contributed by atoms with van der Waals surface area (Å²) in [6, 6.07) is 7.83. The minimum atomic E-state index is -0.422. The van der Waals surface area contributed by atoms with Crippen molar-refractivity contribution in [2.75, 3.05) is 13.1 Å². The average Bonchev–Trinajstić information content (AvgIpc) is 2.74. The van der Waals surface area contributed by atoms with Gasteiger partial charge in [0.05, 0.1) is 0 Å². The van der Waals surface area contributed by atoms with Crippen molar-refractivity contribution in [1.82, 2.24) is 4.90 Å². The molecule has 0 unspecified atom stereocenters. The van der Waals surface area contributed by atoms with Gasteiger partial charge in [-0.3, -0.25) is 4.79 Å². The maximum absolute atomic E-state index is 12.5. The van der Waals surface area contributed by atoms with Gasteiger partial charge in [0.1, 0.15) is 0 Å². The van der Waals surface area contributed by atoms with Crippen molar-refractivity contribution < 1.29 is 4.79 Å². The smallest absolute Gasteiger partial charge is 0.228 e. The number of nitrogens with zero attached hydrogens (tertiary/aromatic N) is 1. The van der Waals surface area contributed by atoms with Gasteiger partial charge in [0.2, 0.25) is 5.91 Å². The van der Waals surface area contributed by atoms with Crippen molar-refractivity contribution >= 4 is 17.5 Å². The molecule has 1 aromatic carbocycles. The van der Waals surface area contributed by atoms with Gasteiger partial charge in [-0.2, -0.15) is 0 Å². The standard InChI is InChI=1S/C15H21ClN2O/c1-15(2,9-11-4-3-5-12(16)8-11)14(19)18-7-6-13(17)10-18/h3-5,8,13H,6-7,9-10,17H2,1-2H3/t13-/m1/s1. The predicted octanol–water partition coefficient (Wildman–Crippen LogP) is 2.47. The zero-order valence-corrected chi connectivity index (χ0v) is 12.3. The van der Waals surface area contributed by atoms with Crippen LogP contribution in [0.15, 0.2) is 24.3 Å². The predicted molar refractivity (Wildman–Crippen MR) is 78.1 cm³/mol. The summed E-state index contributed by atoms with van der Waals surface area (Å²) in [5, 5.41) is 0.712. The zero-order chi connectivity index (χ0) is 14.0. The van der Waals surface area contributed by atoms with E-state index in [9.17, 15) is 4.79 Å². The number of benzene rings is 1. The van der Waals surface area contributed by atoms with Crippen LogP contribution < -0.4 is 5.73 Å². The number of likely N-dealkylation sites (tertiary alicyclic amines) is 1. The lowest BCUT2D eigenvalue weighted by molar-refractivity contribution is -0.139. The maximum atomic E-state index is 12.5. The van der Waals surface area contributed by atoms with Crippen molar-refractivity contribution in [1.29, 1.82) is 0 Å². The Morgan fingerprint density at radius 2 is 2.26 bits per heavy atom. The van der Waals surface area contributed by atoms with Crippen LogP contribution in [0.2, 0.25) is 5.02 Å². The molecule has 1 amide bonds. The summed E-state index contributed by atoms with van der Waals surface area (Å²) in [5.41, 5.74) is 6.54. The Kier molecular flexibility index (Phi) is 4.16. The number of nitrogens with two attached hydrogens (primary N) is 1. The Morgan fingerprint density at radius 3 is 2.84 bits per heavy atom. The van der Waals surface area contributed by atoms with E-state index in [0.29, 0.717) is 18.0 Å². The van der Waals surface area contributed by atoms with Gasteiger partial charge in [0, 0.05) is 29.6 Å². The molecule has 1 heterocycles. The molecule has 0 aliphatic carbocycles. The first-order valence-electron chi connectivity index (χ1n) is 6.68. The van der Waals surface area contributed by atoms with Crippen molar-refractivity contribution in [3.8, 4) is 0 Å². The van der Waals surface area contributed by atoms with E-state index in [2.05, 4.69) is 0 Å². The van der Waals surface area contributed by atoms with E-state index < -0.39 is 5.41 Å². The average molecular weight is 281 g/mol. The van der Waals surface area contributed by atoms with Crippen molar-refractivity contribution in [2.45, 2.75) is 32.7 Å². The lowest BCUT2D eigenvalue weighted by Gasteiger charge is -2.29. The molecule has 2 rings (SSSR count). The van der Waals surface area contributed by atoms with Crippen LogP contribution in [0, 0.1) is 5.41 Å². The van der Waals surface area contributed by atoms with E-state index >= 15 is 0 Å². The normalized spacial score (nSPS) is 19.8. The highest BCUT2D eigenvalue weighted by molar-refractivity contribution is 6.30. The lowest BCUT2D eigenvalue weighted by Crippen LogP contribution is -2.41. The Morgan fingerprint density at radius 1 is 1.53 bits per heavy atom.